The van der Waals surface area contributed by atoms with E-state index >= 15 is 0 Å². The van der Waals surface area contributed by atoms with Crippen LogP contribution in [0, 0.1) is 0 Å². The van der Waals surface area contributed by atoms with Gasteiger partial charge in [-0.25, -0.2) is 8.42 Å². The van der Waals surface area contributed by atoms with Gasteiger partial charge in [-0.1, -0.05) is 18.2 Å². The van der Waals surface area contributed by atoms with E-state index in [1.165, 1.54) is 15.6 Å². The predicted molar refractivity (Wildman–Crippen MR) is 83.1 cm³/mol. The van der Waals surface area contributed by atoms with Crippen molar-refractivity contribution < 1.29 is 13.2 Å². The molecule has 1 heterocycles. The number of alkyl halides is 1. The molecule has 4 nitrogen and oxygen atoms in total. The molecule has 7 heteroatoms. The van der Waals surface area contributed by atoms with Gasteiger partial charge in [0.2, 0.25) is 10.0 Å². The first-order valence-corrected chi connectivity index (χ1v) is 8.83. The van der Waals surface area contributed by atoms with Gasteiger partial charge in [-0.3, -0.25) is 0 Å². The van der Waals surface area contributed by atoms with Crippen molar-refractivity contribution in [1.82, 2.24) is 4.31 Å². The van der Waals surface area contributed by atoms with Crippen LogP contribution in [0.3, 0.4) is 0 Å². The molecular weight excluding hydrogens is 318 g/mol. The summed E-state index contributed by atoms with van der Waals surface area (Å²) < 4.78 is 32.6. The Bertz CT molecular complexity index is 697. The Morgan fingerprint density at radius 2 is 2.05 bits per heavy atom. The van der Waals surface area contributed by atoms with E-state index in [2.05, 4.69) is 0 Å². The van der Waals surface area contributed by atoms with Crippen molar-refractivity contribution in [3.8, 4) is 0 Å². The Morgan fingerprint density at radius 3 is 2.70 bits per heavy atom. The highest BCUT2D eigenvalue weighted by Crippen LogP contribution is 2.36. The van der Waals surface area contributed by atoms with Crippen LogP contribution in [0.25, 0.3) is 10.1 Å². The number of ether oxygens (including phenoxy) is 1. The van der Waals surface area contributed by atoms with E-state index in [0.29, 0.717) is 22.9 Å². The minimum Gasteiger partial charge on any atom is -0.383 e. The molecule has 0 unspecified atom stereocenters. The van der Waals surface area contributed by atoms with Crippen molar-refractivity contribution in [3.63, 3.8) is 0 Å². The average molecular weight is 334 g/mol. The minimum absolute atomic E-state index is 0.187. The maximum absolute atomic E-state index is 12.7. The molecule has 1 aromatic heterocycles. The lowest BCUT2D eigenvalue weighted by molar-refractivity contribution is 0.185. The molecule has 0 aliphatic rings. The number of thiophene rings is 1. The second kappa shape index (κ2) is 6.41. The van der Waals surface area contributed by atoms with E-state index in [0.717, 1.165) is 10.1 Å². The summed E-state index contributed by atoms with van der Waals surface area (Å²) in [5.41, 5.74) is 0. The second-order valence-electron chi connectivity index (χ2n) is 4.30. The van der Waals surface area contributed by atoms with Crippen molar-refractivity contribution in [2.45, 2.75) is 10.8 Å². The summed E-state index contributed by atoms with van der Waals surface area (Å²) in [4.78, 5) is 1.00. The summed E-state index contributed by atoms with van der Waals surface area (Å²) in [6.07, 6.45) is 0. The van der Waals surface area contributed by atoms with E-state index in [4.69, 9.17) is 16.3 Å². The van der Waals surface area contributed by atoms with Crippen LogP contribution in [0.15, 0.2) is 29.2 Å². The van der Waals surface area contributed by atoms with Gasteiger partial charge in [0, 0.05) is 35.7 Å². The third-order valence-electron chi connectivity index (χ3n) is 3.02. The first-order valence-electron chi connectivity index (χ1n) is 6.04. The number of halogens is 1. The lowest BCUT2D eigenvalue weighted by Crippen LogP contribution is -2.30. The van der Waals surface area contributed by atoms with E-state index < -0.39 is 10.0 Å². The molecule has 2 rings (SSSR count). The van der Waals surface area contributed by atoms with Gasteiger partial charge in [0.25, 0.3) is 0 Å². The zero-order chi connectivity index (χ0) is 14.8. The number of hydrogen-bond acceptors (Lipinski definition) is 4. The van der Waals surface area contributed by atoms with E-state index in [-0.39, 0.29) is 5.88 Å². The Hall–Kier alpha value is -0.660. The van der Waals surface area contributed by atoms with E-state index in [9.17, 15) is 8.42 Å². The molecule has 0 aliphatic carbocycles. The summed E-state index contributed by atoms with van der Waals surface area (Å²) in [5.74, 6) is 0.187. The third kappa shape index (κ3) is 2.84. The molecule has 0 radical (unpaired) electrons. The highest BCUT2D eigenvalue weighted by molar-refractivity contribution is 7.89. The zero-order valence-electron chi connectivity index (χ0n) is 11.3. The standard InChI is InChI=1S/C13H16ClNO3S2/c1-15(7-8-18-2)20(16,17)13-10-5-3-4-6-11(10)19-12(13)9-14/h3-6H,7-9H2,1-2H3. The van der Waals surface area contributed by atoms with Crippen molar-refractivity contribution in [1.29, 1.82) is 0 Å². The molecule has 0 saturated heterocycles. The van der Waals surface area contributed by atoms with Crippen LogP contribution < -0.4 is 0 Å². The van der Waals surface area contributed by atoms with Crippen LogP contribution in [0.4, 0.5) is 0 Å². The second-order valence-corrected chi connectivity index (χ2v) is 7.69. The number of methoxy groups -OCH3 is 1. The molecule has 0 atom stereocenters. The molecule has 0 amide bonds. The van der Waals surface area contributed by atoms with Crippen LogP contribution in [-0.2, 0) is 20.6 Å². The maximum Gasteiger partial charge on any atom is 0.244 e. The predicted octanol–water partition coefficient (Wildman–Crippen LogP) is 2.91. The quantitative estimate of drug-likeness (QED) is 0.764. The molecule has 2 aromatic rings. The van der Waals surface area contributed by atoms with Crippen LogP contribution in [-0.4, -0.2) is 40.0 Å². The zero-order valence-corrected chi connectivity index (χ0v) is 13.7. The normalized spacial score (nSPS) is 12.4. The molecule has 20 heavy (non-hydrogen) atoms. The molecule has 0 aliphatic heterocycles. The van der Waals surface area contributed by atoms with E-state index in [1.54, 1.807) is 14.2 Å². The summed E-state index contributed by atoms with van der Waals surface area (Å²) in [7, 11) is -0.457. The van der Waals surface area contributed by atoms with E-state index in [1.807, 2.05) is 24.3 Å². The smallest absolute Gasteiger partial charge is 0.244 e. The van der Waals surface area contributed by atoms with Crippen molar-refractivity contribution in [2.75, 3.05) is 27.3 Å². The summed E-state index contributed by atoms with van der Waals surface area (Å²) in [6, 6.07) is 7.45. The van der Waals surface area contributed by atoms with Crippen LogP contribution >= 0.6 is 22.9 Å². The Labute approximate surface area is 128 Å². The molecule has 0 fully saturated rings. The van der Waals surface area contributed by atoms with Gasteiger partial charge >= 0.3 is 0 Å². The Balaban J connectivity index is 2.55. The monoisotopic (exact) mass is 333 g/mol. The third-order valence-corrected chi connectivity index (χ3v) is 6.73. The highest BCUT2D eigenvalue weighted by atomic mass is 35.5. The molecule has 0 bridgehead atoms. The van der Waals surface area contributed by atoms with Crippen molar-refractivity contribution >= 4 is 43.0 Å². The lowest BCUT2D eigenvalue weighted by atomic mass is 10.2. The summed E-state index contributed by atoms with van der Waals surface area (Å²) >= 11 is 7.34. The van der Waals surface area contributed by atoms with Gasteiger partial charge in [-0.15, -0.1) is 22.9 Å². The number of likely N-dealkylation sites (N-methyl/N-ethyl adjacent to an activating group) is 1. The number of hydrogen-bond donors (Lipinski definition) is 0. The summed E-state index contributed by atoms with van der Waals surface area (Å²) in [6.45, 7) is 0.665. The minimum atomic E-state index is -3.56. The molecule has 0 spiro atoms. The largest absolute Gasteiger partial charge is 0.383 e. The van der Waals surface area contributed by atoms with Crippen LogP contribution in [0.1, 0.15) is 4.88 Å². The molecule has 1 aromatic carbocycles. The highest BCUT2D eigenvalue weighted by Gasteiger charge is 2.27. The number of benzene rings is 1. The lowest BCUT2D eigenvalue weighted by Gasteiger charge is -2.17. The fourth-order valence-electron chi connectivity index (χ4n) is 1.94. The number of sulfonamides is 1. The van der Waals surface area contributed by atoms with Gasteiger partial charge < -0.3 is 4.74 Å². The number of fused-ring (bicyclic) bond motifs is 1. The average Bonchev–Trinajstić information content (AvgIpc) is 2.83. The SMILES string of the molecule is COCCN(C)S(=O)(=O)c1c(CCl)sc2ccccc12. The summed E-state index contributed by atoms with van der Waals surface area (Å²) in [5, 5.41) is 0.734. The first kappa shape index (κ1) is 15.7. The molecule has 110 valence electrons. The Morgan fingerprint density at radius 1 is 1.35 bits per heavy atom. The van der Waals surface area contributed by atoms with Crippen molar-refractivity contribution in [2.24, 2.45) is 0 Å². The van der Waals surface area contributed by atoms with Gasteiger partial charge in [0.1, 0.15) is 4.90 Å². The van der Waals surface area contributed by atoms with Crippen LogP contribution in [0.5, 0.6) is 0 Å². The number of rotatable bonds is 6. The maximum atomic E-state index is 12.7. The van der Waals surface area contributed by atoms with Gasteiger partial charge in [0.05, 0.1) is 12.5 Å². The van der Waals surface area contributed by atoms with Gasteiger partial charge in [-0.05, 0) is 6.07 Å². The molecule has 0 N–H and O–H groups in total. The Kier molecular flexibility index (Phi) is 5.04. The van der Waals surface area contributed by atoms with Gasteiger partial charge in [-0.2, -0.15) is 4.31 Å². The topological polar surface area (TPSA) is 46.6 Å². The fraction of sp³-hybridized carbons (Fsp3) is 0.385. The molecule has 0 saturated carbocycles. The van der Waals surface area contributed by atoms with Gasteiger partial charge in [0.15, 0.2) is 0 Å². The van der Waals surface area contributed by atoms with Crippen LogP contribution in [0.2, 0.25) is 0 Å². The first-order chi connectivity index (χ1) is 9.52. The molecular formula is C13H16ClNO3S2. The number of nitrogens with zero attached hydrogens (tertiary/aromatic N) is 1. The fourth-order valence-corrected chi connectivity index (χ4v) is 5.21. The van der Waals surface area contributed by atoms with Crippen molar-refractivity contribution in [3.05, 3.63) is 29.1 Å².